The first-order valence-corrected chi connectivity index (χ1v) is 17.5. The van der Waals surface area contributed by atoms with Gasteiger partial charge in [0.2, 0.25) is 11.6 Å². The Morgan fingerprint density at radius 1 is 1.09 bits per heavy atom. The Morgan fingerprint density at radius 2 is 1.67 bits per heavy atom. The maximum absolute atomic E-state index is 11.5. The van der Waals surface area contributed by atoms with E-state index in [0.717, 1.165) is 12.8 Å². The van der Waals surface area contributed by atoms with Crippen LogP contribution in [0.15, 0.2) is 6.33 Å². The molecule has 0 spiro atoms. The van der Waals surface area contributed by atoms with Crippen LogP contribution in [0, 0.1) is 16.0 Å². The molecule has 2 rings (SSSR count). The lowest BCUT2D eigenvalue weighted by Crippen LogP contribution is -2.46. The van der Waals surface area contributed by atoms with E-state index < -0.39 is 21.6 Å². The minimum absolute atomic E-state index is 0.0198. The zero-order valence-electron chi connectivity index (χ0n) is 22.0. The first-order valence-electron chi connectivity index (χ1n) is 11.7. The van der Waals surface area contributed by atoms with Crippen molar-refractivity contribution in [1.29, 1.82) is 0 Å². The largest absolute Gasteiger partial charge is 0.416 e. The highest BCUT2D eigenvalue weighted by Gasteiger charge is 2.46. The van der Waals surface area contributed by atoms with Crippen LogP contribution >= 0.6 is 0 Å². The summed E-state index contributed by atoms with van der Waals surface area (Å²) in [4.78, 5) is 18.9. The number of rotatable bonds is 8. The summed E-state index contributed by atoms with van der Waals surface area (Å²) in [6, 6.07) is -0.0271. The van der Waals surface area contributed by atoms with E-state index in [9.17, 15) is 10.1 Å². The Labute approximate surface area is 200 Å². The second-order valence-corrected chi connectivity index (χ2v) is 21.8. The second-order valence-electron chi connectivity index (χ2n) is 12.3. The molecule has 1 aliphatic rings. The number of nitrogen functional groups attached to an aromatic ring is 1. The summed E-state index contributed by atoms with van der Waals surface area (Å²) in [7, 11) is -3.92. The lowest BCUT2D eigenvalue weighted by atomic mass is 10.1. The molecular formula is C22H43N5O4Si2. The van der Waals surface area contributed by atoms with Crippen molar-refractivity contribution in [3.05, 3.63) is 16.4 Å². The Bertz CT molecular complexity index is 852. The Balaban J connectivity index is 2.26. The molecule has 1 saturated carbocycles. The molecule has 33 heavy (non-hydrogen) atoms. The minimum Gasteiger partial charge on any atom is -0.416 e. The highest BCUT2D eigenvalue weighted by atomic mass is 28.4. The average Bonchev–Trinajstić information content (AvgIpc) is 2.98. The van der Waals surface area contributed by atoms with Gasteiger partial charge in [-0.2, -0.15) is 0 Å². The van der Waals surface area contributed by atoms with Crippen LogP contribution in [-0.2, 0) is 8.85 Å². The van der Waals surface area contributed by atoms with E-state index in [1.165, 1.54) is 6.33 Å². The summed E-state index contributed by atoms with van der Waals surface area (Å²) >= 11 is 0. The fourth-order valence-corrected chi connectivity index (χ4v) is 5.95. The molecule has 9 nitrogen and oxygen atoms in total. The van der Waals surface area contributed by atoms with Gasteiger partial charge in [-0.3, -0.25) is 10.1 Å². The number of anilines is 2. The van der Waals surface area contributed by atoms with E-state index in [1.54, 1.807) is 0 Å². The average molecular weight is 498 g/mol. The third-order valence-electron chi connectivity index (χ3n) is 7.72. The van der Waals surface area contributed by atoms with E-state index in [2.05, 4.69) is 83.0 Å². The van der Waals surface area contributed by atoms with Gasteiger partial charge in [0.05, 0.1) is 11.0 Å². The van der Waals surface area contributed by atoms with Crippen molar-refractivity contribution in [3.63, 3.8) is 0 Å². The third-order valence-corrected chi connectivity index (χ3v) is 16.7. The Morgan fingerprint density at radius 3 is 2.18 bits per heavy atom. The molecule has 0 aromatic carbocycles. The molecule has 11 heteroatoms. The van der Waals surface area contributed by atoms with Crippen LogP contribution in [0.5, 0.6) is 0 Å². The topological polar surface area (TPSA) is 125 Å². The summed E-state index contributed by atoms with van der Waals surface area (Å²) in [6.45, 7) is 23.1. The number of nitrogens with two attached hydrogens (primary N) is 1. The van der Waals surface area contributed by atoms with E-state index >= 15 is 0 Å². The summed E-state index contributed by atoms with van der Waals surface area (Å²) in [5.74, 6) is 0.223. The Hall–Kier alpha value is -1.57. The molecule has 0 radical (unpaired) electrons. The van der Waals surface area contributed by atoms with E-state index in [1.807, 2.05) is 0 Å². The number of hydrogen-bond donors (Lipinski definition) is 2. The monoisotopic (exact) mass is 497 g/mol. The number of nitrogens with one attached hydrogen (secondary N) is 1. The maximum atomic E-state index is 11.5. The summed E-state index contributed by atoms with van der Waals surface area (Å²) in [6.07, 6.45) is 2.79. The van der Waals surface area contributed by atoms with Crippen molar-refractivity contribution in [2.45, 2.75) is 103 Å². The first kappa shape index (κ1) is 27.7. The third kappa shape index (κ3) is 6.52. The van der Waals surface area contributed by atoms with Gasteiger partial charge in [-0.05, 0) is 49.1 Å². The fraction of sp³-hybridized carbons (Fsp3) is 0.818. The molecule has 3 N–H and O–H groups in total. The van der Waals surface area contributed by atoms with Gasteiger partial charge in [-0.1, -0.05) is 41.5 Å². The predicted molar refractivity (Wildman–Crippen MR) is 138 cm³/mol. The number of nitro groups is 1. The smallest absolute Gasteiger partial charge is 0.352 e. The van der Waals surface area contributed by atoms with Crippen molar-refractivity contribution < 1.29 is 13.8 Å². The molecule has 0 saturated heterocycles. The molecule has 0 aliphatic heterocycles. The van der Waals surface area contributed by atoms with Gasteiger partial charge in [0, 0.05) is 18.6 Å². The quantitative estimate of drug-likeness (QED) is 0.271. The number of nitrogens with zero attached hydrogens (tertiary/aromatic N) is 3. The summed E-state index contributed by atoms with van der Waals surface area (Å²) < 4.78 is 13.4. The molecule has 0 amide bonds. The van der Waals surface area contributed by atoms with Crippen molar-refractivity contribution in [2.75, 3.05) is 17.7 Å². The van der Waals surface area contributed by atoms with Crippen LogP contribution < -0.4 is 11.1 Å². The number of hydrogen-bond acceptors (Lipinski definition) is 8. The van der Waals surface area contributed by atoms with Gasteiger partial charge < -0.3 is 19.9 Å². The molecule has 1 fully saturated rings. The van der Waals surface area contributed by atoms with Crippen LogP contribution in [0.2, 0.25) is 36.3 Å². The SMILES string of the molecule is CC(C)(C)[Si](C)(C)OC[C@H]1C[C@@H](Nc2ncnc(N)c2[N+](=O)[O-])C[C@@H]1O[Si](C)(C)C(C)(C)C. The first-order chi connectivity index (χ1) is 14.9. The van der Waals surface area contributed by atoms with Crippen LogP contribution in [0.25, 0.3) is 0 Å². The molecule has 0 unspecified atom stereocenters. The van der Waals surface area contributed by atoms with Gasteiger partial charge in [-0.15, -0.1) is 0 Å². The van der Waals surface area contributed by atoms with Crippen LogP contribution in [-0.4, -0.2) is 50.3 Å². The van der Waals surface area contributed by atoms with Crippen molar-refractivity contribution >= 4 is 34.0 Å². The molecule has 1 aromatic rings. The standard InChI is InChI=1S/C22H43N5O4Si2/c1-21(2,3)32(7,8)30-13-15-11-16(12-17(15)31-33(9,10)22(4,5)6)26-20-18(27(28)29)19(23)24-14-25-20/h14-17H,11-13H2,1-10H3,(H3,23,24,25,26)/t15-,16-,17+/m1/s1. The molecular weight excluding hydrogens is 454 g/mol. The lowest BCUT2D eigenvalue weighted by molar-refractivity contribution is -0.383. The van der Waals surface area contributed by atoms with E-state index in [-0.39, 0.29) is 45.5 Å². The number of aromatic nitrogens is 2. The van der Waals surface area contributed by atoms with Gasteiger partial charge in [-0.25, -0.2) is 9.97 Å². The van der Waals surface area contributed by atoms with Crippen molar-refractivity contribution in [1.82, 2.24) is 9.97 Å². The lowest BCUT2D eigenvalue weighted by Gasteiger charge is -2.41. The molecule has 1 heterocycles. The fourth-order valence-electron chi connectivity index (χ4n) is 3.48. The van der Waals surface area contributed by atoms with Crippen molar-refractivity contribution in [2.24, 2.45) is 5.92 Å². The zero-order chi connectivity index (χ0) is 25.4. The summed E-state index contributed by atoms with van der Waals surface area (Å²) in [5, 5.41) is 15.0. The highest BCUT2D eigenvalue weighted by Crippen LogP contribution is 2.43. The van der Waals surface area contributed by atoms with Crippen LogP contribution in [0.3, 0.4) is 0 Å². The van der Waals surface area contributed by atoms with Gasteiger partial charge in [0.1, 0.15) is 6.33 Å². The van der Waals surface area contributed by atoms with Gasteiger partial charge in [0.25, 0.3) is 0 Å². The van der Waals surface area contributed by atoms with Gasteiger partial charge in [0.15, 0.2) is 16.6 Å². The maximum Gasteiger partial charge on any atom is 0.352 e. The molecule has 0 bridgehead atoms. The second kappa shape index (κ2) is 9.59. The van der Waals surface area contributed by atoms with Gasteiger partial charge >= 0.3 is 5.69 Å². The Kier molecular flexibility index (Phi) is 8.04. The van der Waals surface area contributed by atoms with E-state index in [4.69, 9.17) is 14.6 Å². The molecule has 3 atom stereocenters. The predicted octanol–water partition coefficient (Wildman–Crippen LogP) is 5.57. The molecule has 188 valence electrons. The summed E-state index contributed by atoms with van der Waals surface area (Å²) in [5.41, 5.74) is 5.47. The minimum atomic E-state index is -2.01. The zero-order valence-corrected chi connectivity index (χ0v) is 24.0. The normalized spacial score (nSPS) is 22.4. The van der Waals surface area contributed by atoms with Crippen molar-refractivity contribution in [3.8, 4) is 0 Å². The molecule has 1 aliphatic carbocycles. The highest BCUT2D eigenvalue weighted by molar-refractivity contribution is 6.74. The molecule has 1 aromatic heterocycles. The van der Waals surface area contributed by atoms with E-state index in [0.29, 0.717) is 6.61 Å². The van der Waals surface area contributed by atoms with Crippen LogP contribution in [0.1, 0.15) is 54.4 Å². The van der Waals surface area contributed by atoms with Crippen LogP contribution in [0.4, 0.5) is 17.3 Å².